The third-order valence-electron chi connectivity index (χ3n) is 4.44. The van der Waals surface area contributed by atoms with Gasteiger partial charge in [0.15, 0.2) is 0 Å². The molecule has 3 rings (SSSR count). The fourth-order valence-corrected chi connectivity index (χ4v) is 2.86. The molecule has 0 saturated heterocycles. The summed E-state index contributed by atoms with van der Waals surface area (Å²) < 4.78 is 0. The average molecular weight is 373 g/mol. The van der Waals surface area contributed by atoms with Crippen LogP contribution in [-0.4, -0.2) is 23.3 Å². The Kier molecular flexibility index (Phi) is 6.52. The third-order valence-corrected chi connectivity index (χ3v) is 4.44. The number of nitrogens with zero attached hydrogens (tertiary/aromatic N) is 1. The Morgan fingerprint density at radius 1 is 0.929 bits per heavy atom. The SMILES string of the molecule is CC(NC(=O)c1ccnc(C(=O)NCCc2ccccc2)c1)c1ccccc1. The monoisotopic (exact) mass is 373 g/mol. The van der Waals surface area contributed by atoms with Gasteiger partial charge < -0.3 is 10.6 Å². The van der Waals surface area contributed by atoms with E-state index in [4.69, 9.17) is 0 Å². The summed E-state index contributed by atoms with van der Waals surface area (Å²) in [4.78, 5) is 29.0. The number of aromatic nitrogens is 1. The van der Waals surface area contributed by atoms with Crippen LogP contribution in [0.25, 0.3) is 0 Å². The van der Waals surface area contributed by atoms with Crippen molar-refractivity contribution in [2.45, 2.75) is 19.4 Å². The van der Waals surface area contributed by atoms with Crippen molar-refractivity contribution in [3.8, 4) is 0 Å². The zero-order valence-electron chi connectivity index (χ0n) is 15.8. The van der Waals surface area contributed by atoms with Gasteiger partial charge in [0.1, 0.15) is 5.69 Å². The van der Waals surface area contributed by atoms with Crippen molar-refractivity contribution in [1.82, 2.24) is 15.6 Å². The highest BCUT2D eigenvalue weighted by Gasteiger charge is 2.14. The molecule has 1 heterocycles. The van der Waals surface area contributed by atoms with E-state index in [2.05, 4.69) is 15.6 Å². The molecular formula is C23H23N3O2. The number of carbonyl (C=O) groups is 2. The highest BCUT2D eigenvalue weighted by Crippen LogP contribution is 2.12. The lowest BCUT2D eigenvalue weighted by Gasteiger charge is -2.14. The van der Waals surface area contributed by atoms with E-state index in [1.807, 2.05) is 67.6 Å². The summed E-state index contributed by atoms with van der Waals surface area (Å²) in [6.07, 6.45) is 2.22. The smallest absolute Gasteiger partial charge is 0.269 e. The predicted molar refractivity (Wildman–Crippen MR) is 109 cm³/mol. The summed E-state index contributed by atoms with van der Waals surface area (Å²) in [6, 6.07) is 22.6. The van der Waals surface area contributed by atoms with E-state index < -0.39 is 0 Å². The molecule has 5 nitrogen and oxygen atoms in total. The minimum Gasteiger partial charge on any atom is -0.350 e. The van der Waals surface area contributed by atoms with Crippen molar-refractivity contribution < 1.29 is 9.59 Å². The summed E-state index contributed by atoms with van der Waals surface area (Å²) >= 11 is 0. The summed E-state index contributed by atoms with van der Waals surface area (Å²) in [6.45, 7) is 2.43. The molecule has 0 aliphatic heterocycles. The molecule has 0 spiro atoms. The minimum atomic E-state index is -0.290. The second kappa shape index (κ2) is 9.46. The lowest BCUT2D eigenvalue weighted by Crippen LogP contribution is -2.29. The topological polar surface area (TPSA) is 71.1 Å². The quantitative estimate of drug-likeness (QED) is 0.665. The van der Waals surface area contributed by atoms with Crippen molar-refractivity contribution in [2.75, 3.05) is 6.54 Å². The molecule has 0 fully saturated rings. The fourth-order valence-electron chi connectivity index (χ4n) is 2.86. The molecule has 0 aliphatic carbocycles. The highest BCUT2D eigenvalue weighted by molar-refractivity contribution is 5.98. The van der Waals surface area contributed by atoms with Gasteiger partial charge in [-0.2, -0.15) is 0 Å². The molecule has 1 aromatic heterocycles. The Morgan fingerprint density at radius 3 is 2.32 bits per heavy atom. The van der Waals surface area contributed by atoms with Crippen LogP contribution in [0, 0.1) is 0 Å². The third kappa shape index (κ3) is 5.27. The number of carbonyl (C=O) groups excluding carboxylic acids is 2. The Hall–Kier alpha value is -3.47. The van der Waals surface area contributed by atoms with E-state index in [0.29, 0.717) is 12.1 Å². The molecule has 0 radical (unpaired) electrons. The first kappa shape index (κ1) is 19.3. The van der Waals surface area contributed by atoms with E-state index in [1.54, 1.807) is 6.07 Å². The van der Waals surface area contributed by atoms with Crippen LogP contribution in [0.2, 0.25) is 0 Å². The second-order valence-electron chi connectivity index (χ2n) is 6.53. The number of amides is 2. The van der Waals surface area contributed by atoms with Gasteiger partial charge >= 0.3 is 0 Å². The number of rotatable bonds is 7. The average Bonchev–Trinajstić information content (AvgIpc) is 2.75. The molecular weight excluding hydrogens is 350 g/mol. The molecule has 3 aromatic rings. The Morgan fingerprint density at radius 2 is 1.61 bits per heavy atom. The molecule has 2 aromatic carbocycles. The van der Waals surface area contributed by atoms with Gasteiger partial charge in [-0.25, -0.2) is 0 Å². The van der Waals surface area contributed by atoms with Crippen molar-refractivity contribution in [3.05, 3.63) is 101 Å². The summed E-state index contributed by atoms with van der Waals surface area (Å²) in [5.74, 6) is -0.529. The zero-order chi connectivity index (χ0) is 19.8. The van der Waals surface area contributed by atoms with Crippen LogP contribution in [0.15, 0.2) is 79.0 Å². The van der Waals surface area contributed by atoms with Gasteiger partial charge in [-0.1, -0.05) is 60.7 Å². The number of hydrogen-bond donors (Lipinski definition) is 2. The molecule has 1 unspecified atom stereocenters. The number of nitrogens with one attached hydrogen (secondary N) is 2. The first-order valence-electron chi connectivity index (χ1n) is 9.27. The second-order valence-corrected chi connectivity index (χ2v) is 6.53. The maximum absolute atomic E-state index is 12.5. The summed E-state index contributed by atoms with van der Waals surface area (Å²) in [5.41, 5.74) is 2.81. The van der Waals surface area contributed by atoms with Crippen LogP contribution < -0.4 is 10.6 Å². The highest BCUT2D eigenvalue weighted by atomic mass is 16.2. The molecule has 0 saturated carbocycles. The van der Waals surface area contributed by atoms with Gasteiger partial charge in [-0.15, -0.1) is 0 Å². The number of pyridine rings is 1. The summed E-state index contributed by atoms with van der Waals surface area (Å²) in [7, 11) is 0. The molecule has 2 amide bonds. The molecule has 28 heavy (non-hydrogen) atoms. The van der Waals surface area contributed by atoms with Gasteiger partial charge in [0.25, 0.3) is 11.8 Å². The maximum Gasteiger partial charge on any atom is 0.269 e. The van der Waals surface area contributed by atoms with Crippen molar-refractivity contribution in [2.24, 2.45) is 0 Å². The van der Waals surface area contributed by atoms with E-state index in [1.165, 1.54) is 12.3 Å². The van der Waals surface area contributed by atoms with Crippen LogP contribution in [0.5, 0.6) is 0 Å². The van der Waals surface area contributed by atoms with Crippen LogP contribution in [0.1, 0.15) is 44.9 Å². The molecule has 1 atom stereocenters. The number of benzene rings is 2. The largest absolute Gasteiger partial charge is 0.350 e. The normalized spacial score (nSPS) is 11.5. The van der Waals surface area contributed by atoms with Gasteiger partial charge in [0.2, 0.25) is 0 Å². The van der Waals surface area contributed by atoms with Crippen LogP contribution in [0.3, 0.4) is 0 Å². The lowest BCUT2D eigenvalue weighted by molar-refractivity contribution is 0.0939. The van der Waals surface area contributed by atoms with Gasteiger partial charge in [0, 0.05) is 18.3 Å². The van der Waals surface area contributed by atoms with E-state index >= 15 is 0 Å². The number of hydrogen-bond acceptors (Lipinski definition) is 3. The van der Waals surface area contributed by atoms with Crippen molar-refractivity contribution in [1.29, 1.82) is 0 Å². The van der Waals surface area contributed by atoms with Gasteiger partial charge in [0.05, 0.1) is 6.04 Å². The molecule has 142 valence electrons. The standard InChI is InChI=1S/C23H23N3O2/c1-17(19-10-6-3-7-11-19)26-22(27)20-13-15-24-21(16-20)23(28)25-14-12-18-8-4-2-5-9-18/h2-11,13,15-17H,12,14H2,1H3,(H,25,28)(H,26,27). The molecule has 0 aliphatic rings. The molecule has 5 heteroatoms. The van der Waals surface area contributed by atoms with Crippen LogP contribution >= 0.6 is 0 Å². The minimum absolute atomic E-state index is 0.134. The van der Waals surface area contributed by atoms with Crippen LogP contribution in [-0.2, 0) is 6.42 Å². The predicted octanol–water partition coefficient (Wildman–Crippen LogP) is 3.55. The van der Waals surface area contributed by atoms with Crippen molar-refractivity contribution in [3.63, 3.8) is 0 Å². The zero-order valence-corrected chi connectivity index (χ0v) is 15.8. The first-order chi connectivity index (χ1) is 13.6. The van der Waals surface area contributed by atoms with Gasteiger partial charge in [-0.05, 0) is 36.6 Å². The van der Waals surface area contributed by atoms with Crippen molar-refractivity contribution >= 4 is 11.8 Å². The van der Waals surface area contributed by atoms with E-state index in [0.717, 1.165) is 17.5 Å². The molecule has 0 bridgehead atoms. The molecule has 2 N–H and O–H groups in total. The van der Waals surface area contributed by atoms with E-state index in [-0.39, 0.29) is 23.6 Å². The Labute approximate surface area is 164 Å². The van der Waals surface area contributed by atoms with Gasteiger partial charge in [-0.3, -0.25) is 14.6 Å². The van der Waals surface area contributed by atoms with E-state index in [9.17, 15) is 9.59 Å². The Bertz CT molecular complexity index is 927. The summed E-state index contributed by atoms with van der Waals surface area (Å²) in [5, 5.41) is 5.79. The Balaban J connectivity index is 1.58. The maximum atomic E-state index is 12.5. The fraction of sp³-hybridized carbons (Fsp3) is 0.174. The lowest BCUT2D eigenvalue weighted by atomic mass is 10.1. The first-order valence-corrected chi connectivity index (χ1v) is 9.27. The van der Waals surface area contributed by atoms with Crippen LogP contribution in [0.4, 0.5) is 0 Å².